The maximum absolute atomic E-state index is 14.1. The number of nitrogens with one attached hydrogen (secondary N) is 1. The molecule has 1 aliphatic heterocycles. The number of dihydropyridines is 1. The van der Waals surface area contributed by atoms with E-state index in [9.17, 15) is 28.9 Å². The Morgan fingerprint density at radius 2 is 1.80 bits per heavy atom. The zero-order valence-corrected chi connectivity index (χ0v) is 23.5. The molecule has 40 heavy (non-hydrogen) atoms. The quantitative estimate of drug-likeness (QED) is 0.322. The van der Waals surface area contributed by atoms with Crippen molar-refractivity contribution >= 4 is 17.3 Å². The maximum Gasteiger partial charge on any atom is 0.372 e. The molecule has 0 spiro atoms. The van der Waals surface area contributed by atoms with Crippen LogP contribution >= 0.6 is 11.6 Å². The van der Waals surface area contributed by atoms with E-state index in [1.54, 1.807) is 46.0 Å². The normalized spacial score (nSPS) is 15.3. The van der Waals surface area contributed by atoms with Crippen LogP contribution in [0.15, 0.2) is 53.2 Å². The molecule has 4 N–H and O–H groups in total. The second kappa shape index (κ2) is 11.8. The summed E-state index contributed by atoms with van der Waals surface area (Å²) in [4.78, 5) is 25.2. The van der Waals surface area contributed by atoms with E-state index >= 15 is 0 Å². The monoisotopic (exact) mass is 577 g/mol. The van der Waals surface area contributed by atoms with Gasteiger partial charge in [-0.05, 0) is 45.4 Å². The van der Waals surface area contributed by atoms with Crippen molar-refractivity contribution in [2.45, 2.75) is 59.2 Å². The van der Waals surface area contributed by atoms with E-state index in [-0.39, 0.29) is 11.5 Å². The Bertz CT molecular complexity index is 1530. The Labute approximate surface area is 234 Å². The van der Waals surface area contributed by atoms with Gasteiger partial charge in [0.05, 0.1) is 23.6 Å². The zero-order valence-electron chi connectivity index (χ0n) is 22.7. The molecule has 0 amide bonds. The molecule has 13 heteroatoms. The van der Waals surface area contributed by atoms with E-state index < -0.39 is 51.3 Å². The lowest BCUT2D eigenvalue weighted by Gasteiger charge is -2.26. The van der Waals surface area contributed by atoms with Crippen LogP contribution in [0.3, 0.4) is 0 Å². The van der Waals surface area contributed by atoms with E-state index in [0.29, 0.717) is 29.2 Å². The Kier molecular flexibility index (Phi) is 9.10. The molecule has 4 rings (SSSR count). The van der Waals surface area contributed by atoms with Gasteiger partial charge < -0.3 is 25.4 Å². The molecule has 0 aliphatic carbocycles. The molecule has 1 aliphatic rings. The minimum Gasteiger partial charge on any atom is -0.433 e. The van der Waals surface area contributed by atoms with Crippen molar-refractivity contribution < 1.29 is 28.8 Å². The number of aryl methyl sites for hydroxylation is 1. The predicted molar refractivity (Wildman–Crippen MR) is 144 cm³/mol. The number of allylic oxidation sites excluding steroid dienone is 2. The Hall–Kier alpha value is -3.71. The molecule has 0 saturated carbocycles. The molecule has 0 aromatic carbocycles. The largest absolute Gasteiger partial charge is 0.433 e. The lowest BCUT2D eigenvalue weighted by atomic mass is 10.0. The minimum absolute atomic E-state index is 0.222. The summed E-state index contributed by atoms with van der Waals surface area (Å²) >= 11 is 6.25. The van der Waals surface area contributed by atoms with Gasteiger partial charge in [-0.2, -0.15) is 0 Å². The van der Waals surface area contributed by atoms with Gasteiger partial charge in [-0.1, -0.05) is 25.4 Å². The van der Waals surface area contributed by atoms with E-state index in [2.05, 4.69) is 20.3 Å². The van der Waals surface area contributed by atoms with Crippen LogP contribution in [0, 0.1) is 18.6 Å². The number of ether oxygens (including phenoxy) is 1. The summed E-state index contributed by atoms with van der Waals surface area (Å²) in [6.07, 6.45) is 5.51. The second-order valence-corrected chi connectivity index (χ2v) is 9.56. The van der Waals surface area contributed by atoms with E-state index in [0.717, 1.165) is 0 Å². The number of hydrogen-bond acceptors (Lipinski definition) is 9. The summed E-state index contributed by atoms with van der Waals surface area (Å²) in [5.74, 6) is -6.00. The molecule has 0 saturated heterocycles. The van der Waals surface area contributed by atoms with Crippen LogP contribution in [0.5, 0.6) is 5.75 Å². The van der Waals surface area contributed by atoms with Gasteiger partial charge in [0, 0.05) is 30.2 Å². The molecule has 214 valence electrons. The van der Waals surface area contributed by atoms with Crippen molar-refractivity contribution in [3.8, 4) is 5.75 Å². The highest BCUT2D eigenvalue weighted by Crippen LogP contribution is 2.32. The molecule has 3 aromatic heterocycles. The number of nitrogens with zero attached hydrogens (tertiary/aromatic N) is 4. The number of aromatic nitrogens is 4. The highest BCUT2D eigenvalue weighted by molar-refractivity contribution is 6.31. The Balaban J connectivity index is 0.00000216. The SMILES string of the molecule is CC.CC1=CNC(c2ccnc(C(C)(C)O)n2)C=C1n1c(C)cc(OC(O)(O)c2ncc(F)cc2F)c(Cl)c1=O. The highest BCUT2D eigenvalue weighted by Gasteiger charge is 2.36. The fourth-order valence-electron chi connectivity index (χ4n) is 3.80. The second-order valence-electron chi connectivity index (χ2n) is 9.19. The van der Waals surface area contributed by atoms with Crippen LogP contribution in [0.25, 0.3) is 5.70 Å². The van der Waals surface area contributed by atoms with Gasteiger partial charge >= 0.3 is 5.97 Å². The third-order valence-corrected chi connectivity index (χ3v) is 6.01. The van der Waals surface area contributed by atoms with Crippen molar-refractivity contribution in [2.24, 2.45) is 0 Å². The van der Waals surface area contributed by atoms with Crippen molar-refractivity contribution in [3.63, 3.8) is 0 Å². The molecule has 0 radical (unpaired) electrons. The molecular formula is C27H30ClF2N5O5. The lowest BCUT2D eigenvalue weighted by molar-refractivity contribution is -0.308. The molecule has 1 unspecified atom stereocenters. The fourth-order valence-corrected chi connectivity index (χ4v) is 3.98. The summed E-state index contributed by atoms with van der Waals surface area (Å²) in [6.45, 7) is 10.4. The topological polar surface area (TPSA) is 143 Å². The zero-order chi connectivity index (χ0) is 30.0. The molecule has 1 atom stereocenters. The number of rotatable bonds is 6. The van der Waals surface area contributed by atoms with Crippen molar-refractivity contribution in [1.29, 1.82) is 0 Å². The standard InChI is InChI=1S/C25H24ClF2N5O5.C2H6/c1-12-10-30-17(16-5-6-29-23(32-16)24(3,4)35)9-18(12)33-13(2)7-19(20(26)22(33)34)38-25(36,37)21-15(28)8-14(27)11-31-21;1-2/h5-11,17,30,35-37H,1-4H3;1-2H3. The first-order chi connectivity index (χ1) is 18.7. The van der Waals surface area contributed by atoms with Crippen LogP contribution in [0.4, 0.5) is 8.78 Å². The fraction of sp³-hybridized carbons (Fsp3) is 0.333. The predicted octanol–water partition coefficient (Wildman–Crippen LogP) is 3.79. The van der Waals surface area contributed by atoms with E-state index in [4.69, 9.17) is 16.3 Å². The highest BCUT2D eigenvalue weighted by atomic mass is 35.5. The van der Waals surface area contributed by atoms with Crippen LogP contribution in [0.1, 0.15) is 63.6 Å². The maximum atomic E-state index is 14.1. The van der Waals surface area contributed by atoms with E-state index in [1.165, 1.54) is 16.8 Å². The van der Waals surface area contributed by atoms with Gasteiger partial charge in [-0.15, -0.1) is 0 Å². The van der Waals surface area contributed by atoms with Gasteiger partial charge in [0.2, 0.25) is 0 Å². The average Bonchev–Trinajstić information content (AvgIpc) is 2.88. The summed E-state index contributed by atoms with van der Waals surface area (Å²) in [5.41, 5.74) is -1.09. The van der Waals surface area contributed by atoms with Crippen LogP contribution in [-0.4, -0.2) is 34.8 Å². The first-order valence-electron chi connectivity index (χ1n) is 12.3. The summed E-state index contributed by atoms with van der Waals surface area (Å²) in [7, 11) is 0. The van der Waals surface area contributed by atoms with Crippen molar-refractivity contribution in [3.05, 3.63) is 98.4 Å². The smallest absolute Gasteiger partial charge is 0.372 e. The molecule has 10 nitrogen and oxygen atoms in total. The molecule has 0 bridgehead atoms. The number of aliphatic hydroxyl groups is 3. The summed E-state index contributed by atoms with van der Waals surface area (Å²) in [6, 6.07) is 2.83. The average molecular weight is 578 g/mol. The van der Waals surface area contributed by atoms with Crippen LogP contribution < -0.4 is 15.6 Å². The van der Waals surface area contributed by atoms with Gasteiger partial charge in [0.25, 0.3) is 5.56 Å². The third-order valence-electron chi connectivity index (χ3n) is 5.66. The third kappa shape index (κ3) is 6.36. The number of pyridine rings is 2. The van der Waals surface area contributed by atoms with Crippen molar-refractivity contribution in [1.82, 2.24) is 24.8 Å². The lowest BCUT2D eigenvalue weighted by Crippen LogP contribution is -2.36. The van der Waals surface area contributed by atoms with Crippen molar-refractivity contribution in [2.75, 3.05) is 0 Å². The van der Waals surface area contributed by atoms with Gasteiger partial charge in [-0.3, -0.25) is 9.36 Å². The number of hydrogen-bond donors (Lipinski definition) is 4. The van der Waals surface area contributed by atoms with E-state index in [1.807, 2.05) is 13.8 Å². The molecule has 3 aromatic rings. The molecule has 0 fully saturated rings. The van der Waals surface area contributed by atoms with Gasteiger partial charge in [-0.25, -0.2) is 23.7 Å². The molecular weight excluding hydrogens is 548 g/mol. The van der Waals surface area contributed by atoms with Gasteiger partial charge in [0.15, 0.2) is 23.1 Å². The minimum atomic E-state index is -3.35. The molecule has 4 heterocycles. The number of halogens is 3. The Morgan fingerprint density at radius 3 is 2.42 bits per heavy atom. The summed E-state index contributed by atoms with van der Waals surface area (Å²) in [5, 5.41) is 33.5. The van der Waals surface area contributed by atoms with Crippen LogP contribution in [0.2, 0.25) is 5.02 Å². The van der Waals surface area contributed by atoms with Crippen LogP contribution in [-0.2, 0) is 11.6 Å². The summed E-state index contributed by atoms with van der Waals surface area (Å²) < 4.78 is 33.6. The first kappa shape index (κ1) is 30.8. The first-order valence-corrected chi connectivity index (χ1v) is 12.7. The van der Waals surface area contributed by atoms with Gasteiger partial charge in [0.1, 0.15) is 16.4 Å². The Morgan fingerprint density at radius 1 is 1.12 bits per heavy atom.